The zero-order valence-corrected chi connectivity index (χ0v) is 13.0. The minimum absolute atomic E-state index is 0.881. The van der Waals surface area contributed by atoms with Gasteiger partial charge < -0.3 is 4.89 Å². The van der Waals surface area contributed by atoms with Crippen molar-refractivity contribution in [1.82, 2.24) is 0 Å². The van der Waals surface area contributed by atoms with Crippen molar-refractivity contribution in [1.29, 1.82) is 0 Å². The predicted molar refractivity (Wildman–Crippen MR) is 87.2 cm³/mol. The quantitative estimate of drug-likeness (QED) is 0.501. The molecule has 0 aliphatic rings. The van der Waals surface area contributed by atoms with E-state index in [1.54, 1.807) is 0 Å². The van der Waals surface area contributed by atoms with Crippen molar-refractivity contribution in [3.63, 3.8) is 0 Å². The second-order valence-corrected chi connectivity index (χ2v) is 6.03. The van der Waals surface area contributed by atoms with Gasteiger partial charge in [0, 0.05) is 5.56 Å². The number of aryl methyl sites for hydroxylation is 3. The molecular formula is C16H21N2OP. The monoisotopic (exact) mass is 288 g/mol. The Morgan fingerprint density at radius 3 is 1.95 bits per heavy atom. The third-order valence-corrected chi connectivity index (χ3v) is 4.29. The summed E-state index contributed by atoms with van der Waals surface area (Å²) in [5, 5.41) is 0.881. The van der Waals surface area contributed by atoms with Gasteiger partial charge in [0.1, 0.15) is 11.1 Å². The Hall–Kier alpha value is -1.51. The molecule has 4 N–H and O–H groups in total. The molecule has 2 aromatic carbocycles. The van der Waals surface area contributed by atoms with Crippen LogP contribution in [0.25, 0.3) is 0 Å². The van der Waals surface area contributed by atoms with Crippen LogP contribution in [0.3, 0.4) is 0 Å². The standard InChI is InChI=1S/C16H17OP.H4N2/c1-12-9-13(2)16(14(3)10-12)11-18(17)15-7-5-4-6-8-15;1-2/h4-11H,1-3H3;1-2H2. The van der Waals surface area contributed by atoms with E-state index in [1.807, 2.05) is 36.1 Å². The van der Waals surface area contributed by atoms with Crippen molar-refractivity contribution in [2.75, 3.05) is 0 Å². The molecule has 0 saturated carbocycles. The van der Waals surface area contributed by atoms with E-state index in [0.717, 1.165) is 10.9 Å². The molecule has 1 unspecified atom stereocenters. The van der Waals surface area contributed by atoms with Gasteiger partial charge in [-0.05, 0) is 44.0 Å². The van der Waals surface area contributed by atoms with Gasteiger partial charge >= 0.3 is 0 Å². The summed E-state index contributed by atoms with van der Waals surface area (Å²) in [5.74, 6) is 9.88. The maximum Gasteiger partial charge on any atom is 0.144 e. The lowest BCUT2D eigenvalue weighted by Gasteiger charge is -2.06. The summed E-state index contributed by atoms with van der Waals surface area (Å²) in [6.45, 7) is 6.22. The SMILES string of the molecule is Cc1cc(C)c(C=[P+]([O-])c2ccccc2)c(C)c1.NN. The van der Waals surface area contributed by atoms with Crippen LogP contribution in [0.5, 0.6) is 0 Å². The zero-order valence-electron chi connectivity index (χ0n) is 12.1. The fourth-order valence-corrected chi connectivity index (χ4v) is 3.42. The van der Waals surface area contributed by atoms with Gasteiger partial charge in [0.05, 0.1) is 7.77 Å². The Labute approximate surface area is 121 Å². The second kappa shape index (κ2) is 7.93. The van der Waals surface area contributed by atoms with Crippen molar-refractivity contribution >= 4 is 18.9 Å². The number of benzene rings is 2. The largest absolute Gasteiger partial charge is 0.626 e. The topological polar surface area (TPSA) is 75.1 Å². The summed E-state index contributed by atoms with van der Waals surface area (Å²) in [6, 6.07) is 13.9. The molecule has 0 amide bonds. The van der Waals surface area contributed by atoms with Gasteiger partial charge in [-0.3, -0.25) is 11.7 Å². The Morgan fingerprint density at radius 1 is 0.950 bits per heavy atom. The van der Waals surface area contributed by atoms with Crippen LogP contribution in [-0.2, 0) is 0 Å². The first-order valence-corrected chi connectivity index (χ1v) is 7.68. The molecule has 0 spiro atoms. The van der Waals surface area contributed by atoms with E-state index in [9.17, 15) is 4.89 Å². The van der Waals surface area contributed by atoms with Crippen LogP contribution in [0.2, 0.25) is 0 Å². The number of nitrogens with two attached hydrogens (primary N) is 2. The van der Waals surface area contributed by atoms with Crippen LogP contribution in [0.4, 0.5) is 0 Å². The van der Waals surface area contributed by atoms with E-state index in [1.165, 1.54) is 16.7 Å². The maximum absolute atomic E-state index is 12.3. The molecule has 2 aromatic rings. The lowest BCUT2D eigenvalue weighted by Crippen LogP contribution is -2.07. The number of hydrogen-bond donors (Lipinski definition) is 2. The molecule has 0 fully saturated rings. The van der Waals surface area contributed by atoms with E-state index in [0.29, 0.717) is 0 Å². The summed E-state index contributed by atoms with van der Waals surface area (Å²) >= 11 is 0. The highest BCUT2D eigenvalue weighted by molar-refractivity contribution is 7.58. The number of hydrazine groups is 1. The zero-order chi connectivity index (χ0) is 15.1. The van der Waals surface area contributed by atoms with Gasteiger partial charge in [-0.2, -0.15) is 0 Å². The number of hydrogen-bond acceptors (Lipinski definition) is 3. The summed E-state index contributed by atoms with van der Waals surface area (Å²) in [4.78, 5) is 12.3. The van der Waals surface area contributed by atoms with Crippen LogP contribution in [0.1, 0.15) is 22.3 Å². The lowest BCUT2D eigenvalue weighted by molar-refractivity contribution is -0.149. The van der Waals surface area contributed by atoms with Crippen LogP contribution in [0, 0.1) is 20.8 Å². The molecule has 106 valence electrons. The molecule has 0 heterocycles. The van der Waals surface area contributed by atoms with Gasteiger partial charge in [-0.25, -0.2) is 0 Å². The molecule has 0 aliphatic carbocycles. The van der Waals surface area contributed by atoms with Crippen LogP contribution in [-0.4, -0.2) is 5.80 Å². The fraction of sp³-hybridized carbons (Fsp3) is 0.188. The van der Waals surface area contributed by atoms with Crippen LogP contribution < -0.4 is 21.9 Å². The molecule has 0 saturated heterocycles. The highest BCUT2D eigenvalue weighted by atomic mass is 31.1. The molecule has 1 atom stereocenters. The van der Waals surface area contributed by atoms with E-state index in [2.05, 4.69) is 44.6 Å². The van der Waals surface area contributed by atoms with Crippen molar-refractivity contribution < 1.29 is 4.89 Å². The van der Waals surface area contributed by atoms with E-state index in [-0.39, 0.29) is 0 Å². The molecule has 0 aliphatic heterocycles. The summed E-state index contributed by atoms with van der Waals surface area (Å²) in [7, 11) is -1.47. The number of rotatable bonds is 2. The third kappa shape index (κ3) is 4.26. The van der Waals surface area contributed by atoms with E-state index >= 15 is 0 Å². The lowest BCUT2D eigenvalue weighted by atomic mass is 10.0. The minimum atomic E-state index is -1.47. The summed E-state index contributed by atoms with van der Waals surface area (Å²) in [5.41, 5.74) is 4.72. The molecule has 0 aromatic heterocycles. The molecule has 2 rings (SSSR count). The molecule has 0 bridgehead atoms. The smallest absolute Gasteiger partial charge is 0.144 e. The summed E-state index contributed by atoms with van der Waals surface area (Å²) in [6.07, 6.45) is 0. The van der Waals surface area contributed by atoms with E-state index < -0.39 is 7.77 Å². The molecule has 0 radical (unpaired) electrons. The molecule has 20 heavy (non-hydrogen) atoms. The molecule has 3 nitrogen and oxygen atoms in total. The van der Waals surface area contributed by atoms with Crippen LogP contribution in [0.15, 0.2) is 42.5 Å². The van der Waals surface area contributed by atoms with Gasteiger partial charge in [0.25, 0.3) is 0 Å². The molecular weight excluding hydrogens is 267 g/mol. The summed E-state index contributed by atoms with van der Waals surface area (Å²) < 4.78 is 0. The first-order valence-electron chi connectivity index (χ1n) is 6.35. The van der Waals surface area contributed by atoms with Crippen molar-refractivity contribution in [3.05, 3.63) is 64.7 Å². The Kier molecular flexibility index (Phi) is 6.56. The Morgan fingerprint density at radius 2 is 1.45 bits per heavy atom. The Balaban J connectivity index is 0.000000956. The molecule has 4 heteroatoms. The van der Waals surface area contributed by atoms with Gasteiger partial charge in [-0.1, -0.05) is 35.9 Å². The third-order valence-electron chi connectivity index (χ3n) is 3.00. The highest BCUT2D eigenvalue weighted by Crippen LogP contribution is 2.19. The average molecular weight is 288 g/mol. The average Bonchev–Trinajstić information content (AvgIpc) is 2.45. The maximum atomic E-state index is 12.3. The van der Waals surface area contributed by atoms with E-state index in [4.69, 9.17) is 0 Å². The first-order chi connectivity index (χ1) is 9.58. The van der Waals surface area contributed by atoms with Crippen molar-refractivity contribution in [3.8, 4) is 0 Å². The minimum Gasteiger partial charge on any atom is -0.626 e. The fourth-order valence-electron chi connectivity index (χ4n) is 2.16. The highest BCUT2D eigenvalue weighted by Gasteiger charge is 2.07. The van der Waals surface area contributed by atoms with Gasteiger partial charge in [-0.15, -0.1) is 0 Å². The normalized spacial score (nSPS) is 10.8. The van der Waals surface area contributed by atoms with Crippen molar-refractivity contribution in [2.45, 2.75) is 20.8 Å². The van der Waals surface area contributed by atoms with Gasteiger partial charge in [0.15, 0.2) is 0 Å². The van der Waals surface area contributed by atoms with Gasteiger partial charge in [0.2, 0.25) is 0 Å². The second-order valence-electron chi connectivity index (χ2n) is 4.60. The predicted octanol–water partition coefficient (Wildman–Crippen LogP) is 1.66. The van der Waals surface area contributed by atoms with Crippen LogP contribution >= 0.6 is 7.77 Å². The van der Waals surface area contributed by atoms with Crippen molar-refractivity contribution in [2.24, 2.45) is 11.7 Å². The first kappa shape index (κ1) is 16.5. The Bertz CT molecular complexity index is 572.